The van der Waals surface area contributed by atoms with Gasteiger partial charge < -0.3 is 20.3 Å². The molecule has 1 heterocycles. The fraction of sp³-hybridized carbons (Fsp3) is 0.923. The van der Waals surface area contributed by atoms with E-state index in [0.717, 1.165) is 26.1 Å². The molecule has 0 aliphatic carbocycles. The number of likely N-dealkylation sites (tertiary alicyclic amines) is 1. The minimum absolute atomic E-state index is 0. The lowest BCUT2D eigenvalue weighted by molar-refractivity contribution is -0.120. The predicted molar refractivity (Wildman–Crippen MR) is 87.2 cm³/mol. The Kier molecular flexibility index (Phi) is 17.0. The number of amides is 1. The normalized spacial score (nSPS) is 15.1. The molecular formula is C13H29Cl2N3O2. The van der Waals surface area contributed by atoms with Gasteiger partial charge in [0.25, 0.3) is 0 Å². The fourth-order valence-corrected chi connectivity index (χ4v) is 2.15. The minimum atomic E-state index is 0. The molecule has 1 fully saturated rings. The third kappa shape index (κ3) is 11.7. The standard InChI is InChI=1S/C13H27N3O2.2ClH/c1-18-11-7-14-12-13(17)15-6-5-10-16-8-3-2-4-9-16;;/h14H,2-12H2,1H3,(H,15,17);2*1H. The maximum Gasteiger partial charge on any atom is 0.233 e. The number of piperidine rings is 1. The van der Waals surface area contributed by atoms with E-state index in [9.17, 15) is 4.79 Å². The van der Waals surface area contributed by atoms with Crippen molar-refractivity contribution in [2.45, 2.75) is 25.7 Å². The van der Waals surface area contributed by atoms with Crippen LogP contribution in [0.1, 0.15) is 25.7 Å². The molecule has 0 spiro atoms. The first kappa shape index (κ1) is 22.2. The molecule has 0 bridgehead atoms. The molecule has 0 radical (unpaired) electrons. The Morgan fingerprint density at radius 1 is 1.15 bits per heavy atom. The lowest BCUT2D eigenvalue weighted by Gasteiger charge is -2.26. The van der Waals surface area contributed by atoms with E-state index < -0.39 is 0 Å². The Morgan fingerprint density at radius 2 is 1.85 bits per heavy atom. The van der Waals surface area contributed by atoms with E-state index in [2.05, 4.69) is 15.5 Å². The first-order valence-electron chi connectivity index (χ1n) is 7.01. The zero-order valence-corrected chi connectivity index (χ0v) is 14.0. The van der Waals surface area contributed by atoms with Crippen molar-refractivity contribution in [1.82, 2.24) is 15.5 Å². The Bertz CT molecular complexity index is 228. The van der Waals surface area contributed by atoms with E-state index in [1.54, 1.807) is 7.11 Å². The zero-order chi connectivity index (χ0) is 13.1. The topological polar surface area (TPSA) is 53.6 Å². The van der Waals surface area contributed by atoms with Crippen molar-refractivity contribution in [2.75, 3.05) is 53.0 Å². The highest BCUT2D eigenvalue weighted by Gasteiger charge is 2.09. The highest BCUT2D eigenvalue weighted by atomic mass is 35.5. The number of nitrogens with one attached hydrogen (secondary N) is 2. The number of nitrogens with zero attached hydrogens (tertiary/aromatic N) is 1. The van der Waals surface area contributed by atoms with Crippen LogP contribution in [0.4, 0.5) is 0 Å². The van der Waals surface area contributed by atoms with Gasteiger partial charge in [0.1, 0.15) is 0 Å². The second kappa shape index (κ2) is 15.3. The summed E-state index contributed by atoms with van der Waals surface area (Å²) in [6.07, 6.45) is 5.08. The summed E-state index contributed by atoms with van der Waals surface area (Å²) in [5.41, 5.74) is 0. The third-order valence-corrected chi connectivity index (χ3v) is 3.19. The number of carbonyl (C=O) groups excluding carboxylic acids is 1. The summed E-state index contributed by atoms with van der Waals surface area (Å²) >= 11 is 0. The number of rotatable bonds is 9. The molecule has 1 aliphatic heterocycles. The van der Waals surface area contributed by atoms with E-state index in [4.69, 9.17) is 4.74 Å². The van der Waals surface area contributed by atoms with Crippen molar-refractivity contribution in [2.24, 2.45) is 0 Å². The monoisotopic (exact) mass is 329 g/mol. The van der Waals surface area contributed by atoms with Crippen LogP contribution in [0.3, 0.4) is 0 Å². The second-order valence-corrected chi connectivity index (χ2v) is 4.78. The van der Waals surface area contributed by atoms with Gasteiger partial charge in [0.05, 0.1) is 13.2 Å². The maximum absolute atomic E-state index is 11.4. The van der Waals surface area contributed by atoms with Crippen molar-refractivity contribution in [3.63, 3.8) is 0 Å². The van der Waals surface area contributed by atoms with Crippen LogP contribution in [0.25, 0.3) is 0 Å². The lowest BCUT2D eigenvalue weighted by Crippen LogP contribution is -2.37. The Balaban J connectivity index is 0. The molecule has 0 aromatic carbocycles. The van der Waals surface area contributed by atoms with Crippen molar-refractivity contribution in [1.29, 1.82) is 0 Å². The average molecular weight is 330 g/mol. The fourth-order valence-electron chi connectivity index (χ4n) is 2.15. The van der Waals surface area contributed by atoms with E-state index in [-0.39, 0.29) is 30.7 Å². The minimum Gasteiger partial charge on any atom is -0.383 e. The van der Waals surface area contributed by atoms with Gasteiger partial charge in [-0.05, 0) is 38.9 Å². The summed E-state index contributed by atoms with van der Waals surface area (Å²) in [4.78, 5) is 13.9. The summed E-state index contributed by atoms with van der Waals surface area (Å²) in [6, 6.07) is 0. The quantitative estimate of drug-likeness (QED) is 0.621. The molecule has 7 heteroatoms. The smallest absolute Gasteiger partial charge is 0.233 e. The molecule has 5 nitrogen and oxygen atoms in total. The van der Waals surface area contributed by atoms with Crippen LogP contribution in [0.15, 0.2) is 0 Å². The van der Waals surface area contributed by atoms with Crippen LogP contribution in [-0.2, 0) is 9.53 Å². The van der Waals surface area contributed by atoms with Gasteiger partial charge in [0.2, 0.25) is 5.91 Å². The van der Waals surface area contributed by atoms with Crippen molar-refractivity contribution in [3.05, 3.63) is 0 Å². The van der Waals surface area contributed by atoms with Gasteiger partial charge in [-0.1, -0.05) is 6.42 Å². The molecule has 1 aliphatic rings. The van der Waals surface area contributed by atoms with Crippen LogP contribution >= 0.6 is 24.8 Å². The predicted octanol–water partition coefficient (Wildman–Crippen LogP) is 1.06. The zero-order valence-electron chi connectivity index (χ0n) is 12.4. The number of ether oxygens (including phenoxy) is 1. The molecule has 20 heavy (non-hydrogen) atoms. The van der Waals surface area contributed by atoms with Crippen molar-refractivity contribution >= 4 is 30.7 Å². The largest absolute Gasteiger partial charge is 0.383 e. The molecule has 0 atom stereocenters. The average Bonchev–Trinajstić information content (AvgIpc) is 2.41. The SMILES string of the molecule is COCCNCC(=O)NCCCN1CCCCC1.Cl.Cl. The van der Waals surface area contributed by atoms with E-state index in [1.165, 1.54) is 32.4 Å². The van der Waals surface area contributed by atoms with Crippen LogP contribution in [-0.4, -0.2) is 63.8 Å². The van der Waals surface area contributed by atoms with Gasteiger partial charge in [-0.3, -0.25) is 4.79 Å². The van der Waals surface area contributed by atoms with Gasteiger partial charge >= 0.3 is 0 Å². The molecule has 0 aromatic rings. The van der Waals surface area contributed by atoms with Crippen molar-refractivity contribution < 1.29 is 9.53 Å². The number of carbonyl (C=O) groups is 1. The summed E-state index contributed by atoms with van der Waals surface area (Å²) < 4.78 is 4.89. The van der Waals surface area contributed by atoms with Gasteiger partial charge in [-0.2, -0.15) is 0 Å². The molecule has 1 saturated heterocycles. The molecule has 0 unspecified atom stereocenters. The number of methoxy groups -OCH3 is 1. The summed E-state index contributed by atoms with van der Waals surface area (Å²) in [7, 11) is 1.66. The molecule has 0 aromatic heterocycles. The second-order valence-electron chi connectivity index (χ2n) is 4.78. The first-order valence-corrected chi connectivity index (χ1v) is 7.01. The van der Waals surface area contributed by atoms with Gasteiger partial charge in [0, 0.05) is 20.2 Å². The lowest BCUT2D eigenvalue weighted by atomic mass is 10.1. The van der Waals surface area contributed by atoms with Crippen LogP contribution in [0.5, 0.6) is 0 Å². The number of hydrogen-bond acceptors (Lipinski definition) is 4. The number of hydrogen-bond donors (Lipinski definition) is 2. The Labute approximate surface area is 135 Å². The van der Waals surface area contributed by atoms with E-state index in [1.807, 2.05) is 0 Å². The first-order chi connectivity index (χ1) is 8.83. The molecule has 1 amide bonds. The molecule has 122 valence electrons. The van der Waals surface area contributed by atoms with Gasteiger partial charge in [-0.25, -0.2) is 0 Å². The van der Waals surface area contributed by atoms with Crippen LogP contribution in [0, 0.1) is 0 Å². The summed E-state index contributed by atoms with van der Waals surface area (Å²) in [6.45, 7) is 6.09. The van der Waals surface area contributed by atoms with Crippen LogP contribution in [0.2, 0.25) is 0 Å². The highest BCUT2D eigenvalue weighted by molar-refractivity contribution is 5.85. The summed E-state index contributed by atoms with van der Waals surface area (Å²) in [5.74, 6) is 0.0738. The molecule has 1 rings (SSSR count). The maximum atomic E-state index is 11.4. The Hall–Kier alpha value is -0.0700. The molecule has 2 N–H and O–H groups in total. The van der Waals surface area contributed by atoms with Crippen molar-refractivity contribution in [3.8, 4) is 0 Å². The van der Waals surface area contributed by atoms with Gasteiger partial charge in [0.15, 0.2) is 0 Å². The van der Waals surface area contributed by atoms with Crippen LogP contribution < -0.4 is 10.6 Å². The molecule has 0 saturated carbocycles. The molecular weight excluding hydrogens is 301 g/mol. The third-order valence-electron chi connectivity index (χ3n) is 3.19. The number of halogens is 2. The highest BCUT2D eigenvalue weighted by Crippen LogP contribution is 2.08. The van der Waals surface area contributed by atoms with Gasteiger partial charge in [-0.15, -0.1) is 24.8 Å². The Morgan fingerprint density at radius 3 is 2.50 bits per heavy atom. The van der Waals surface area contributed by atoms with E-state index in [0.29, 0.717) is 13.2 Å². The summed E-state index contributed by atoms with van der Waals surface area (Å²) in [5, 5.41) is 5.96. The van der Waals surface area contributed by atoms with E-state index >= 15 is 0 Å².